The fourth-order valence-corrected chi connectivity index (χ4v) is 0.700. The third-order valence-electron chi connectivity index (χ3n) is 1.11. The molecule has 0 saturated heterocycles. The molecule has 1 aromatic carbocycles. The first kappa shape index (κ1) is 8.37. The minimum atomic E-state index is -0.324. The SMILES string of the molecule is CC(Cl)ONc1ccccc1. The predicted molar refractivity (Wildman–Crippen MR) is 46.5 cm³/mol. The summed E-state index contributed by atoms with van der Waals surface area (Å²) < 4.78 is 0. The van der Waals surface area contributed by atoms with E-state index in [1.165, 1.54) is 0 Å². The van der Waals surface area contributed by atoms with Gasteiger partial charge in [-0.25, -0.2) is 0 Å². The second-order valence-electron chi connectivity index (χ2n) is 2.13. The van der Waals surface area contributed by atoms with Crippen molar-refractivity contribution in [1.82, 2.24) is 0 Å². The highest BCUT2D eigenvalue weighted by molar-refractivity contribution is 6.19. The molecule has 1 N–H and O–H groups in total. The van der Waals surface area contributed by atoms with Crippen LogP contribution >= 0.6 is 11.6 Å². The van der Waals surface area contributed by atoms with Gasteiger partial charge < -0.3 is 0 Å². The van der Waals surface area contributed by atoms with E-state index < -0.39 is 0 Å². The number of anilines is 1. The van der Waals surface area contributed by atoms with Gasteiger partial charge in [-0.2, -0.15) is 0 Å². The molecule has 0 fully saturated rings. The number of rotatable bonds is 3. The summed E-state index contributed by atoms with van der Waals surface area (Å²) in [6.07, 6.45) is 0. The maximum atomic E-state index is 5.54. The lowest BCUT2D eigenvalue weighted by Crippen LogP contribution is -2.06. The molecule has 1 atom stereocenters. The summed E-state index contributed by atoms with van der Waals surface area (Å²) in [5, 5.41) is 0. The number of hydrogen-bond acceptors (Lipinski definition) is 2. The number of alkyl halides is 1. The maximum absolute atomic E-state index is 5.54. The lowest BCUT2D eigenvalue weighted by molar-refractivity contribution is 0.177. The van der Waals surface area contributed by atoms with Crippen molar-refractivity contribution in [2.45, 2.75) is 12.5 Å². The van der Waals surface area contributed by atoms with E-state index in [9.17, 15) is 0 Å². The van der Waals surface area contributed by atoms with Crippen molar-refractivity contribution in [3.63, 3.8) is 0 Å². The molecule has 1 aromatic rings. The Hall–Kier alpha value is -0.730. The van der Waals surface area contributed by atoms with Crippen LogP contribution in [0.5, 0.6) is 0 Å². The highest BCUT2D eigenvalue weighted by Gasteiger charge is 1.93. The zero-order valence-corrected chi connectivity index (χ0v) is 7.01. The number of halogens is 1. The Bertz CT molecular complexity index is 201. The molecular weight excluding hydrogens is 162 g/mol. The Kier molecular flexibility index (Phi) is 3.20. The van der Waals surface area contributed by atoms with Gasteiger partial charge in [0.25, 0.3) is 0 Å². The molecule has 0 bridgehead atoms. The third-order valence-corrected chi connectivity index (χ3v) is 1.20. The number of benzene rings is 1. The van der Waals surface area contributed by atoms with Crippen LogP contribution in [0.3, 0.4) is 0 Å². The molecule has 1 unspecified atom stereocenters. The fraction of sp³-hybridized carbons (Fsp3) is 0.250. The molecule has 0 amide bonds. The quantitative estimate of drug-likeness (QED) is 0.558. The van der Waals surface area contributed by atoms with E-state index in [0.717, 1.165) is 5.69 Å². The predicted octanol–water partition coefficient (Wildman–Crippen LogP) is 2.61. The first-order chi connectivity index (χ1) is 5.29. The van der Waals surface area contributed by atoms with Gasteiger partial charge in [-0.1, -0.05) is 29.8 Å². The molecule has 0 radical (unpaired) electrons. The minimum Gasteiger partial charge on any atom is -0.265 e. The van der Waals surface area contributed by atoms with Crippen molar-refractivity contribution in [3.8, 4) is 0 Å². The van der Waals surface area contributed by atoms with Crippen LogP contribution in [0.15, 0.2) is 30.3 Å². The number of hydrogen-bond donors (Lipinski definition) is 1. The number of para-hydroxylation sites is 1. The van der Waals surface area contributed by atoms with Gasteiger partial charge in [-0.3, -0.25) is 10.3 Å². The fourth-order valence-electron chi connectivity index (χ4n) is 0.655. The molecule has 60 valence electrons. The van der Waals surface area contributed by atoms with Crippen molar-refractivity contribution in [2.24, 2.45) is 0 Å². The molecule has 11 heavy (non-hydrogen) atoms. The van der Waals surface area contributed by atoms with E-state index in [2.05, 4.69) is 5.48 Å². The van der Waals surface area contributed by atoms with Crippen molar-refractivity contribution in [3.05, 3.63) is 30.3 Å². The van der Waals surface area contributed by atoms with Crippen LogP contribution in [0.1, 0.15) is 6.92 Å². The molecule has 0 spiro atoms. The van der Waals surface area contributed by atoms with Gasteiger partial charge in [-0.15, -0.1) is 0 Å². The largest absolute Gasteiger partial charge is 0.265 e. The van der Waals surface area contributed by atoms with E-state index in [1.54, 1.807) is 6.92 Å². The lowest BCUT2D eigenvalue weighted by Gasteiger charge is -2.07. The summed E-state index contributed by atoms with van der Waals surface area (Å²) in [7, 11) is 0. The Labute approximate surface area is 71.1 Å². The van der Waals surface area contributed by atoms with E-state index in [4.69, 9.17) is 16.4 Å². The van der Waals surface area contributed by atoms with Gasteiger partial charge in [0.15, 0.2) is 5.56 Å². The van der Waals surface area contributed by atoms with Crippen LogP contribution in [-0.2, 0) is 4.84 Å². The molecule has 3 heteroatoms. The lowest BCUT2D eigenvalue weighted by atomic mass is 10.3. The van der Waals surface area contributed by atoms with Crippen molar-refractivity contribution < 1.29 is 4.84 Å². The van der Waals surface area contributed by atoms with Crippen molar-refractivity contribution >= 4 is 17.3 Å². The van der Waals surface area contributed by atoms with Crippen molar-refractivity contribution in [2.75, 3.05) is 5.48 Å². The Morgan fingerprint density at radius 3 is 2.55 bits per heavy atom. The standard InChI is InChI=1S/C8H10ClNO/c1-7(9)11-10-8-5-3-2-4-6-8/h2-7,10H,1H3. The normalized spacial score (nSPS) is 12.5. The van der Waals surface area contributed by atoms with Gasteiger partial charge in [0.05, 0.1) is 5.69 Å². The molecule has 0 aliphatic heterocycles. The van der Waals surface area contributed by atoms with E-state index >= 15 is 0 Å². The zero-order chi connectivity index (χ0) is 8.10. The molecule has 0 saturated carbocycles. The maximum Gasteiger partial charge on any atom is 0.156 e. The summed E-state index contributed by atoms with van der Waals surface area (Å²) in [4.78, 5) is 4.94. The average Bonchev–Trinajstić information content (AvgIpc) is 2.03. The van der Waals surface area contributed by atoms with Gasteiger partial charge >= 0.3 is 0 Å². The molecule has 0 aromatic heterocycles. The van der Waals surface area contributed by atoms with E-state index in [0.29, 0.717) is 0 Å². The van der Waals surface area contributed by atoms with Crippen LogP contribution < -0.4 is 5.48 Å². The first-order valence-corrected chi connectivity index (χ1v) is 3.83. The average molecular weight is 172 g/mol. The second-order valence-corrected chi connectivity index (χ2v) is 2.74. The smallest absolute Gasteiger partial charge is 0.156 e. The number of nitrogens with one attached hydrogen (secondary N) is 1. The van der Waals surface area contributed by atoms with Crippen LogP contribution in [0.2, 0.25) is 0 Å². The highest BCUT2D eigenvalue weighted by Crippen LogP contribution is 2.06. The van der Waals surface area contributed by atoms with Crippen molar-refractivity contribution in [1.29, 1.82) is 0 Å². The summed E-state index contributed by atoms with van der Waals surface area (Å²) in [6.45, 7) is 1.75. The first-order valence-electron chi connectivity index (χ1n) is 3.40. The third kappa shape index (κ3) is 3.25. The molecule has 1 rings (SSSR count). The van der Waals surface area contributed by atoms with Crippen LogP contribution in [0, 0.1) is 0 Å². The van der Waals surface area contributed by atoms with Gasteiger partial charge in [-0.05, 0) is 19.1 Å². The van der Waals surface area contributed by atoms with Gasteiger partial charge in [0.1, 0.15) is 0 Å². The van der Waals surface area contributed by atoms with E-state index in [1.807, 2.05) is 30.3 Å². The zero-order valence-electron chi connectivity index (χ0n) is 6.25. The molecule has 2 nitrogen and oxygen atoms in total. The van der Waals surface area contributed by atoms with Crippen LogP contribution in [0.4, 0.5) is 5.69 Å². The monoisotopic (exact) mass is 171 g/mol. The molecular formula is C8H10ClNO. The summed E-state index contributed by atoms with van der Waals surface area (Å²) >= 11 is 5.54. The summed E-state index contributed by atoms with van der Waals surface area (Å²) in [6, 6.07) is 9.59. The summed E-state index contributed by atoms with van der Waals surface area (Å²) in [5.74, 6) is 0. The summed E-state index contributed by atoms with van der Waals surface area (Å²) in [5.41, 5.74) is 3.29. The Balaban J connectivity index is 2.39. The molecule has 0 aliphatic carbocycles. The van der Waals surface area contributed by atoms with Crippen LogP contribution in [0.25, 0.3) is 0 Å². The highest BCUT2D eigenvalue weighted by atomic mass is 35.5. The van der Waals surface area contributed by atoms with Gasteiger partial charge in [0, 0.05) is 0 Å². The second kappa shape index (κ2) is 4.21. The van der Waals surface area contributed by atoms with Crippen LogP contribution in [-0.4, -0.2) is 5.56 Å². The molecule has 0 heterocycles. The minimum absolute atomic E-state index is 0.324. The topological polar surface area (TPSA) is 21.3 Å². The Morgan fingerprint density at radius 1 is 1.36 bits per heavy atom. The van der Waals surface area contributed by atoms with E-state index in [-0.39, 0.29) is 5.56 Å². The Morgan fingerprint density at radius 2 is 2.00 bits per heavy atom. The van der Waals surface area contributed by atoms with Gasteiger partial charge in [0.2, 0.25) is 0 Å². The molecule has 0 aliphatic rings.